The van der Waals surface area contributed by atoms with Crippen LogP contribution < -0.4 is 0 Å². The molecule has 0 saturated heterocycles. The van der Waals surface area contributed by atoms with E-state index in [1.165, 1.54) is 32.1 Å². The van der Waals surface area contributed by atoms with Gasteiger partial charge in [-0.05, 0) is 56.8 Å². The molecule has 0 aromatic carbocycles. The molecular weight excluding hydrogens is 132 g/mol. The minimum Gasteiger partial charge on any atom is -0.0707 e. The third kappa shape index (κ3) is 0.816. The van der Waals surface area contributed by atoms with Crippen molar-refractivity contribution in [3.63, 3.8) is 0 Å². The van der Waals surface area contributed by atoms with E-state index < -0.39 is 0 Å². The molecule has 0 radical (unpaired) electrons. The summed E-state index contributed by atoms with van der Waals surface area (Å²) in [5, 5.41) is 0. The van der Waals surface area contributed by atoms with E-state index in [-0.39, 0.29) is 0 Å². The zero-order valence-corrected chi connectivity index (χ0v) is 7.10. The Morgan fingerprint density at radius 2 is 1.91 bits per heavy atom. The zero-order valence-electron chi connectivity index (χ0n) is 7.10. The number of hydrogen-bond donors (Lipinski definition) is 0. The van der Waals surface area contributed by atoms with Gasteiger partial charge in [0.15, 0.2) is 0 Å². The standard InChI is InChI=1S/C11H16/c1-2-9-5-4-8-6-10(7-8)11(9)3-1/h8,10H,1-7H2. The molecule has 1 fully saturated rings. The Balaban J connectivity index is 1.94. The summed E-state index contributed by atoms with van der Waals surface area (Å²) in [6.07, 6.45) is 10.5. The maximum Gasteiger partial charge on any atom is -0.0195 e. The van der Waals surface area contributed by atoms with Crippen LogP contribution >= 0.6 is 0 Å². The van der Waals surface area contributed by atoms with Gasteiger partial charge in [0.2, 0.25) is 0 Å². The molecule has 0 nitrogen and oxygen atoms in total. The fraction of sp³-hybridized carbons (Fsp3) is 0.818. The highest BCUT2D eigenvalue weighted by Crippen LogP contribution is 2.51. The summed E-state index contributed by atoms with van der Waals surface area (Å²) in [7, 11) is 0. The average Bonchev–Trinajstić information content (AvgIpc) is 2.23. The predicted octanol–water partition coefficient (Wildman–Crippen LogP) is 3.29. The molecule has 0 heteroatoms. The van der Waals surface area contributed by atoms with E-state index in [9.17, 15) is 0 Å². The molecule has 0 amide bonds. The van der Waals surface area contributed by atoms with Crippen molar-refractivity contribution in [2.24, 2.45) is 11.8 Å². The number of hydrogen-bond acceptors (Lipinski definition) is 0. The molecule has 0 heterocycles. The Morgan fingerprint density at radius 3 is 2.82 bits per heavy atom. The van der Waals surface area contributed by atoms with E-state index in [4.69, 9.17) is 0 Å². The lowest BCUT2D eigenvalue weighted by atomic mass is 9.71. The predicted molar refractivity (Wildman–Crippen MR) is 46.3 cm³/mol. The summed E-state index contributed by atoms with van der Waals surface area (Å²) in [6, 6.07) is 0. The van der Waals surface area contributed by atoms with Gasteiger partial charge in [0, 0.05) is 0 Å². The van der Waals surface area contributed by atoms with Crippen molar-refractivity contribution < 1.29 is 0 Å². The summed E-state index contributed by atoms with van der Waals surface area (Å²) in [6.45, 7) is 0. The van der Waals surface area contributed by atoms with Crippen molar-refractivity contribution >= 4 is 0 Å². The van der Waals surface area contributed by atoms with Crippen molar-refractivity contribution in [2.45, 2.75) is 44.9 Å². The van der Waals surface area contributed by atoms with Crippen molar-refractivity contribution in [1.82, 2.24) is 0 Å². The quantitative estimate of drug-likeness (QED) is 0.462. The van der Waals surface area contributed by atoms with Crippen LogP contribution in [0.2, 0.25) is 0 Å². The summed E-state index contributed by atoms with van der Waals surface area (Å²) >= 11 is 0. The fourth-order valence-corrected chi connectivity index (χ4v) is 3.24. The molecular formula is C11H16. The van der Waals surface area contributed by atoms with Crippen LogP contribution in [-0.4, -0.2) is 0 Å². The van der Waals surface area contributed by atoms with Crippen LogP contribution in [0.15, 0.2) is 11.1 Å². The largest absolute Gasteiger partial charge is 0.0707 e. The highest BCUT2D eigenvalue weighted by molar-refractivity contribution is 5.26. The first kappa shape index (κ1) is 6.28. The van der Waals surface area contributed by atoms with Crippen LogP contribution in [0.1, 0.15) is 44.9 Å². The molecule has 4 aliphatic rings. The molecule has 0 N–H and O–H groups in total. The normalized spacial score (nSPS) is 41.5. The number of fused-ring (bicyclic) bond motifs is 1. The Labute approximate surface area is 68.7 Å². The highest BCUT2D eigenvalue weighted by atomic mass is 14.4. The first-order chi connectivity index (χ1) is 5.43. The number of rotatable bonds is 0. The van der Waals surface area contributed by atoms with E-state index in [2.05, 4.69) is 0 Å². The summed E-state index contributed by atoms with van der Waals surface area (Å²) in [5.41, 5.74) is 3.80. The van der Waals surface area contributed by atoms with Gasteiger partial charge in [-0.25, -0.2) is 0 Å². The second-order valence-electron chi connectivity index (χ2n) is 4.56. The lowest BCUT2D eigenvalue weighted by Gasteiger charge is -2.34. The zero-order chi connectivity index (χ0) is 7.26. The molecule has 1 saturated carbocycles. The van der Waals surface area contributed by atoms with Gasteiger partial charge in [-0.3, -0.25) is 0 Å². The van der Waals surface area contributed by atoms with Crippen LogP contribution in [0.5, 0.6) is 0 Å². The summed E-state index contributed by atoms with van der Waals surface area (Å²) in [4.78, 5) is 0. The minimum atomic E-state index is 1.07. The van der Waals surface area contributed by atoms with Crippen LogP contribution in [-0.2, 0) is 0 Å². The van der Waals surface area contributed by atoms with Gasteiger partial charge in [0.1, 0.15) is 0 Å². The van der Waals surface area contributed by atoms with Crippen molar-refractivity contribution in [3.05, 3.63) is 11.1 Å². The highest BCUT2D eigenvalue weighted by Gasteiger charge is 2.36. The topological polar surface area (TPSA) is 0 Å². The minimum absolute atomic E-state index is 1.07. The third-order valence-corrected chi connectivity index (χ3v) is 3.96. The molecule has 4 aliphatic carbocycles. The maximum absolute atomic E-state index is 1.92. The Bertz CT molecular complexity index is 203. The average molecular weight is 148 g/mol. The van der Waals surface area contributed by atoms with Crippen molar-refractivity contribution in [1.29, 1.82) is 0 Å². The first-order valence-electron chi connectivity index (χ1n) is 5.14. The van der Waals surface area contributed by atoms with Gasteiger partial charge in [0.05, 0.1) is 0 Å². The Morgan fingerprint density at radius 1 is 1.00 bits per heavy atom. The molecule has 0 aromatic rings. The molecule has 60 valence electrons. The summed E-state index contributed by atoms with van der Waals surface area (Å²) in [5.74, 6) is 2.20. The van der Waals surface area contributed by atoms with Gasteiger partial charge in [-0.2, -0.15) is 0 Å². The van der Waals surface area contributed by atoms with E-state index in [1.54, 1.807) is 12.8 Å². The van der Waals surface area contributed by atoms with Gasteiger partial charge >= 0.3 is 0 Å². The number of allylic oxidation sites excluding steroid dienone is 2. The van der Waals surface area contributed by atoms with E-state index in [0.717, 1.165) is 11.8 Å². The SMILES string of the molecule is C1CC2=C(C1)C1CC(CC2)C1. The molecule has 11 heavy (non-hydrogen) atoms. The second kappa shape index (κ2) is 2.12. The van der Waals surface area contributed by atoms with Crippen LogP contribution in [0.25, 0.3) is 0 Å². The van der Waals surface area contributed by atoms with E-state index >= 15 is 0 Å². The summed E-state index contributed by atoms with van der Waals surface area (Å²) < 4.78 is 0. The third-order valence-electron chi connectivity index (χ3n) is 3.96. The van der Waals surface area contributed by atoms with Crippen LogP contribution in [0.4, 0.5) is 0 Å². The molecule has 0 aliphatic heterocycles. The fourth-order valence-electron chi connectivity index (χ4n) is 3.24. The molecule has 0 atom stereocenters. The van der Waals surface area contributed by atoms with Crippen molar-refractivity contribution in [3.8, 4) is 0 Å². The monoisotopic (exact) mass is 148 g/mol. The molecule has 0 unspecified atom stereocenters. The Kier molecular flexibility index (Phi) is 1.21. The van der Waals surface area contributed by atoms with E-state index in [1.807, 2.05) is 11.1 Å². The first-order valence-corrected chi connectivity index (χ1v) is 5.14. The van der Waals surface area contributed by atoms with Crippen molar-refractivity contribution in [2.75, 3.05) is 0 Å². The van der Waals surface area contributed by atoms with Crippen LogP contribution in [0.3, 0.4) is 0 Å². The molecule has 0 spiro atoms. The Hall–Kier alpha value is -0.260. The van der Waals surface area contributed by atoms with Gasteiger partial charge < -0.3 is 0 Å². The van der Waals surface area contributed by atoms with Gasteiger partial charge in [-0.1, -0.05) is 11.1 Å². The molecule has 4 rings (SSSR count). The van der Waals surface area contributed by atoms with Crippen LogP contribution in [0, 0.1) is 11.8 Å². The lowest BCUT2D eigenvalue weighted by Crippen LogP contribution is -2.22. The molecule has 0 aromatic heterocycles. The molecule has 2 bridgehead atoms. The second-order valence-corrected chi connectivity index (χ2v) is 4.56. The lowest BCUT2D eigenvalue weighted by molar-refractivity contribution is 0.222. The smallest absolute Gasteiger partial charge is 0.0195 e. The maximum atomic E-state index is 1.92. The van der Waals surface area contributed by atoms with E-state index in [0.29, 0.717) is 0 Å². The van der Waals surface area contributed by atoms with Gasteiger partial charge in [0.25, 0.3) is 0 Å². The van der Waals surface area contributed by atoms with Gasteiger partial charge in [-0.15, -0.1) is 0 Å².